The first kappa shape index (κ1) is 17.7. The van der Waals surface area contributed by atoms with Crippen LogP contribution in [0.25, 0.3) is 0 Å². The normalized spacial score (nSPS) is 15.2. The Labute approximate surface area is 139 Å². The van der Waals surface area contributed by atoms with Crippen LogP contribution in [0, 0.1) is 0 Å². The third-order valence-corrected chi connectivity index (χ3v) is 3.98. The smallest absolute Gasteiger partial charge is 0.191 e. The van der Waals surface area contributed by atoms with E-state index >= 15 is 0 Å². The van der Waals surface area contributed by atoms with E-state index in [0.29, 0.717) is 0 Å². The van der Waals surface area contributed by atoms with E-state index in [2.05, 4.69) is 25.6 Å². The second kappa shape index (κ2) is 10.2. The van der Waals surface area contributed by atoms with E-state index in [4.69, 9.17) is 4.74 Å². The average molecular weight is 322 g/mol. The first-order chi connectivity index (χ1) is 11.3. The summed E-state index contributed by atoms with van der Waals surface area (Å²) in [6, 6.07) is 2.71. The molecule has 1 saturated carbocycles. The molecule has 1 heterocycles. The molecule has 2 rings (SSSR count). The van der Waals surface area contributed by atoms with E-state index in [0.717, 1.165) is 57.8 Å². The molecule has 1 aliphatic rings. The van der Waals surface area contributed by atoms with Gasteiger partial charge in [-0.25, -0.2) is 0 Å². The Bertz CT molecular complexity index is 443. The fourth-order valence-electron chi connectivity index (χ4n) is 2.54. The number of hydrogen-bond acceptors (Lipinski definition) is 4. The lowest BCUT2D eigenvalue weighted by molar-refractivity contribution is 0.144. The van der Waals surface area contributed by atoms with Crippen LogP contribution in [0.3, 0.4) is 0 Å². The van der Waals surface area contributed by atoms with Crippen molar-refractivity contribution in [1.82, 2.24) is 25.3 Å². The van der Waals surface area contributed by atoms with E-state index in [9.17, 15) is 0 Å². The number of nitrogens with one attached hydrogen (secondary N) is 2. The van der Waals surface area contributed by atoms with Crippen LogP contribution in [0.5, 0.6) is 0 Å². The van der Waals surface area contributed by atoms with Crippen molar-refractivity contribution in [1.29, 1.82) is 0 Å². The first-order valence-electron chi connectivity index (χ1n) is 8.48. The highest BCUT2D eigenvalue weighted by molar-refractivity contribution is 5.79. The Morgan fingerprint density at radius 3 is 2.83 bits per heavy atom. The Balaban J connectivity index is 1.56. The van der Waals surface area contributed by atoms with Gasteiger partial charge in [0.15, 0.2) is 5.96 Å². The van der Waals surface area contributed by atoms with Gasteiger partial charge in [-0.3, -0.25) is 14.6 Å². The predicted octanol–water partition coefficient (Wildman–Crippen LogP) is 0.549. The summed E-state index contributed by atoms with van der Waals surface area (Å²) in [5, 5.41) is 10.9. The Morgan fingerprint density at radius 1 is 1.35 bits per heavy atom. The lowest BCUT2D eigenvalue weighted by Gasteiger charge is -2.22. The topological polar surface area (TPSA) is 66.7 Å². The number of aromatic nitrogens is 2. The molecule has 7 heteroatoms. The van der Waals surface area contributed by atoms with Crippen molar-refractivity contribution in [2.24, 2.45) is 4.99 Å². The summed E-state index contributed by atoms with van der Waals surface area (Å²) in [5.74, 6) is 0.868. The summed E-state index contributed by atoms with van der Waals surface area (Å²) in [6.07, 6.45) is 7.46. The Morgan fingerprint density at radius 2 is 2.17 bits per heavy atom. The molecule has 2 N–H and O–H groups in total. The quantitative estimate of drug-likeness (QED) is 0.354. The van der Waals surface area contributed by atoms with Crippen LogP contribution in [0.1, 0.15) is 19.3 Å². The predicted molar refractivity (Wildman–Crippen MR) is 92.7 cm³/mol. The van der Waals surface area contributed by atoms with Crippen LogP contribution in [0.4, 0.5) is 0 Å². The molecule has 7 nitrogen and oxygen atoms in total. The van der Waals surface area contributed by atoms with Crippen molar-refractivity contribution < 1.29 is 4.74 Å². The highest BCUT2D eigenvalue weighted by Crippen LogP contribution is 2.25. The van der Waals surface area contributed by atoms with Gasteiger partial charge in [0, 0.05) is 65.3 Å². The van der Waals surface area contributed by atoms with Gasteiger partial charge in [0.25, 0.3) is 0 Å². The molecule has 0 spiro atoms. The molecule has 0 saturated heterocycles. The van der Waals surface area contributed by atoms with Gasteiger partial charge in [-0.05, 0) is 25.3 Å². The zero-order valence-corrected chi connectivity index (χ0v) is 14.4. The molecule has 0 radical (unpaired) electrons. The molecule has 0 aliphatic heterocycles. The van der Waals surface area contributed by atoms with Gasteiger partial charge < -0.3 is 15.4 Å². The Hall–Kier alpha value is -1.60. The number of nitrogens with zero attached hydrogens (tertiary/aromatic N) is 4. The molecule has 130 valence electrons. The van der Waals surface area contributed by atoms with Crippen molar-refractivity contribution >= 4 is 5.96 Å². The molecule has 0 unspecified atom stereocenters. The standard InChI is InChI=1S/C16H30N6O/c1-17-16(18-7-3-10-22-11-4-8-20-22)19-9-12-21(13-14-23-2)15-5-6-15/h4,8,11,15H,3,5-7,9-10,12-14H2,1-2H3,(H2,17,18,19). The molecular weight excluding hydrogens is 292 g/mol. The molecule has 1 aliphatic carbocycles. The number of aryl methyl sites for hydroxylation is 1. The fraction of sp³-hybridized carbons (Fsp3) is 0.750. The molecule has 0 amide bonds. The second-order valence-corrected chi connectivity index (χ2v) is 5.81. The van der Waals surface area contributed by atoms with Gasteiger partial charge in [0.1, 0.15) is 0 Å². The maximum Gasteiger partial charge on any atom is 0.191 e. The highest BCUT2D eigenvalue weighted by atomic mass is 16.5. The van der Waals surface area contributed by atoms with Crippen LogP contribution in [0.15, 0.2) is 23.5 Å². The van der Waals surface area contributed by atoms with Crippen molar-refractivity contribution in [3.05, 3.63) is 18.5 Å². The van der Waals surface area contributed by atoms with Gasteiger partial charge in [-0.15, -0.1) is 0 Å². The van der Waals surface area contributed by atoms with Gasteiger partial charge in [-0.1, -0.05) is 0 Å². The van der Waals surface area contributed by atoms with E-state index in [1.165, 1.54) is 12.8 Å². The largest absolute Gasteiger partial charge is 0.383 e. The summed E-state index contributed by atoms with van der Waals surface area (Å²) < 4.78 is 7.14. The maximum absolute atomic E-state index is 5.19. The van der Waals surface area contributed by atoms with Crippen LogP contribution in [-0.4, -0.2) is 73.6 Å². The van der Waals surface area contributed by atoms with Crippen LogP contribution in [0.2, 0.25) is 0 Å². The summed E-state index contributed by atoms with van der Waals surface area (Å²) in [6.45, 7) is 5.55. The lowest BCUT2D eigenvalue weighted by Crippen LogP contribution is -2.43. The van der Waals surface area contributed by atoms with Crippen LogP contribution in [-0.2, 0) is 11.3 Å². The maximum atomic E-state index is 5.19. The minimum absolute atomic E-state index is 0.760. The molecule has 23 heavy (non-hydrogen) atoms. The van der Waals surface area contributed by atoms with E-state index in [1.807, 2.05) is 30.2 Å². The Kier molecular flexibility index (Phi) is 7.89. The fourth-order valence-corrected chi connectivity index (χ4v) is 2.54. The molecule has 1 aromatic heterocycles. The molecular formula is C16H30N6O. The molecule has 0 bridgehead atoms. The number of guanidine groups is 1. The number of rotatable bonds is 11. The number of ether oxygens (including phenoxy) is 1. The number of aliphatic imine (C=N–C) groups is 1. The zero-order valence-electron chi connectivity index (χ0n) is 14.4. The minimum Gasteiger partial charge on any atom is -0.383 e. The minimum atomic E-state index is 0.760. The highest BCUT2D eigenvalue weighted by Gasteiger charge is 2.28. The second-order valence-electron chi connectivity index (χ2n) is 5.81. The van der Waals surface area contributed by atoms with Crippen LogP contribution >= 0.6 is 0 Å². The van der Waals surface area contributed by atoms with Crippen molar-refractivity contribution in [2.75, 3.05) is 46.9 Å². The monoisotopic (exact) mass is 322 g/mol. The number of hydrogen-bond donors (Lipinski definition) is 2. The van der Waals surface area contributed by atoms with Crippen molar-refractivity contribution in [2.45, 2.75) is 31.8 Å². The number of methoxy groups -OCH3 is 1. The molecule has 0 aromatic carbocycles. The van der Waals surface area contributed by atoms with Gasteiger partial charge in [-0.2, -0.15) is 5.10 Å². The summed E-state index contributed by atoms with van der Waals surface area (Å²) >= 11 is 0. The van der Waals surface area contributed by atoms with Gasteiger partial charge in [0.05, 0.1) is 6.61 Å². The SMILES string of the molecule is CN=C(NCCCn1cccn1)NCCN(CCOC)C1CC1. The van der Waals surface area contributed by atoms with Gasteiger partial charge in [0.2, 0.25) is 0 Å². The van der Waals surface area contributed by atoms with Crippen LogP contribution < -0.4 is 10.6 Å². The third-order valence-electron chi connectivity index (χ3n) is 3.98. The van der Waals surface area contributed by atoms with E-state index < -0.39 is 0 Å². The zero-order chi connectivity index (χ0) is 16.3. The first-order valence-corrected chi connectivity index (χ1v) is 8.48. The third kappa shape index (κ3) is 7.00. The van der Waals surface area contributed by atoms with Crippen molar-refractivity contribution in [3.8, 4) is 0 Å². The van der Waals surface area contributed by atoms with Crippen molar-refractivity contribution in [3.63, 3.8) is 0 Å². The molecule has 1 fully saturated rings. The lowest BCUT2D eigenvalue weighted by atomic mass is 10.4. The summed E-state index contributed by atoms with van der Waals surface area (Å²) in [5.41, 5.74) is 0. The van der Waals surface area contributed by atoms with Gasteiger partial charge >= 0.3 is 0 Å². The van der Waals surface area contributed by atoms with E-state index in [1.54, 1.807) is 7.11 Å². The summed E-state index contributed by atoms with van der Waals surface area (Å²) in [7, 11) is 3.57. The summed E-state index contributed by atoms with van der Waals surface area (Å²) in [4.78, 5) is 6.77. The average Bonchev–Trinajstić information content (AvgIpc) is 3.28. The molecule has 0 atom stereocenters. The molecule has 1 aromatic rings. The van der Waals surface area contributed by atoms with E-state index in [-0.39, 0.29) is 0 Å².